The van der Waals surface area contributed by atoms with E-state index in [2.05, 4.69) is 5.32 Å². The van der Waals surface area contributed by atoms with Gasteiger partial charge in [-0.25, -0.2) is 0 Å². The molecule has 1 heterocycles. The summed E-state index contributed by atoms with van der Waals surface area (Å²) < 4.78 is 5.92. The van der Waals surface area contributed by atoms with Crippen LogP contribution < -0.4 is 15.8 Å². The SMILES string of the molecule is CC(C)C[C@H](CC(N)=O)C(=O)N[C@H]1CCCCN(Cc2cccc(Oc3ccccc3)c2)C1=O. The van der Waals surface area contributed by atoms with Crippen LogP contribution in [0.4, 0.5) is 0 Å². The largest absolute Gasteiger partial charge is 0.457 e. The van der Waals surface area contributed by atoms with E-state index < -0.39 is 17.9 Å². The summed E-state index contributed by atoms with van der Waals surface area (Å²) >= 11 is 0. The zero-order chi connectivity index (χ0) is 24.5. The highest BCUT2D eigenvalue weighted by atomic mass is 16.5. The summed E-state index contributed by atoms with van der Waals surface area (Å²) in [7, 11) is 0. The second-order valence-electron chi connectivity index (χ2n) is 9.38. The number of nitrogens with one attached hydrogen (secondary N) is 1. The summed E-state index contributed by atoms with van der Waals surface area (Å²) in [5.41, 5.74) is 6.32. The minimum atomic E-state index is -0.596. The molecule has 3 amide bonds. The van der Waals surface area contributed by atoms with Gasteiger partial charge < -0.3 is 20.7 Å². The molecule has 0 aliphatic carbocycles. The van der Waals surface area contributed by atoms with Crippen molar-refractivity contribution in [2.45, 2.75) is 58.5 Å². The number of rotatable bonds is 10. The molecular formula is C27H35N3O4. The summed E-state index contributed by atoms with van der Waals surface area (Å²) in [6.07, 6.45) is 2.84. The molecule has 0 aromatic heterocycles. The van der Waals surface area contributed by atoms with Crippen molar-refractivity contribution >= 4 is 17.7 Å². The van der Waals surface area contributed by atoms with E-state index in [9.17, 15) is 14.4 Å². The molecule has 7 nitrogen and oxygen atoms in total. The zero-order valence-electron chi connectivity index (χ0n) is 20.0. The van der Waals surface area contributed by atoms with Crippen LogP contribution in [-0.4, -0.2) is 35.2 Å². The van der Waals surface area contributed by atoms with Gasteiger partial charge in [-0.05, 0) is 61.4 Å². The third kappa shape index (κ3) is 7.61. The first-order valence-corrected chi connectivity index (χ1v) is 12.0. The fourth-order valence-electron chi connectivity index (χ4n) is 4.33. The number of primary amides is 1. The Morgan fingerprint density at radius 2 is 1.82 bits per heavy atom. The van der Waals surface area contributed by atoms with Crippen LogP contribution in [0.25, 0.3) is 0 Å². The second-order valence-corrected chi connectivity index (χ2v) is 9.38. The topological polar surface area (TPSA) is 102 Å². The molecule has 0 radical (unpaired) electrons. The lowest BCUT2D eigenvalue weighted by molar-refractivity contribution is -0.138. The highest BCUT2D eigenvalue weighted by molar-refractivity contribution is 5.90. The van der Waals surface area contributed by atoms with Crippen LogP contribution in [-0.2, 0) is 20.9 Å². The number of likely N-dealkylation sites (tertiary alicyclic amines) is 1. The van der Waals surface area contributed by atoms with Crippen molar-refractivity contribution < 1.29 is 19.1 Å². The maximum Gasteiger partial charge on any atom is 0.245 e. The lowest BCUT2D eigenvalue weighted by atomic mass is 9.92. The predicted molar refractivity (Wildman–Crippen MR) is 131 cm³/mol. The quantitative estimate of drug-likeness (QED) is 0.553. The molecule has 1 fully saturated rings. The minimum Gasteiger partial charge on any atom is -0.457 e. The number of nitrogens with zero attached hydrogens (tertiary/aromatic N) is 1. The Morgan fingerprint density at radius 1 is 1.09 bits per heavy atom. The van der Waals surface area contributed by atoms with Gasteiger partial charge in [0.2, 0.25) is 17.7 Å². The Bertz CT molecular complexity index is 977. The lowest BCUT2D eigenvalue weighted by Gasteiger charge is -2.26. The Kier molecular flexibility index (Phi) is 9.08. The molecule has 1 saturated heterocycles. The van der Waals surface area contributed by atoms with E-state index in [1.54, 1.807) is 4.90 Å². The zero-order valence-corrected chi connectivity index (χ0v) is 20.0. The Hall–Kier alpha value is -3.35. The van der Waals surface area contributed by atoms with E-state index in [-0.39, 0.29) is 24.2 Å². The fraction of sp³-hybridized carbons (Fsp3) is 0.444. The van der Waals surface area contributed by atoms with Crippen molar-refractivity contribution in [2.24, 2.45) is 17.6 Å². The van der Waals surface area contributed by atoms with E-state index in [0.29, 0.717) is 31.7 Å². The van der Waals surface area contributed by atoms with Crippen LogP contribution in [0.15, 0.2) is 54.6 Å². The number of amides is 3. The van der Waals surface area contributed by atoms with Gasteiger partial charge in [-0.2, -0.15) is 0 Å². The number of hydrogen-bond donors (Lipinski definition) is 2. The third-order valence-corrected chi connectivity index (χ3v) is 5.92. The average Bonchev–Trinajstić information content (AvgIpc) is 2.95. The van der Waals surface area contributed by atoms with Gasteiger partial charge in [0, 0.05) is 25.4 Å². The Morgan fingerprint density at radius 3 is 2.53 bits per heavy atom. The summed E-state index contributed by atoms with van der Waals surface area (Å²) in [4.78, 5) is 39.5. The predicted octanol–water partition coefficient (Wildman–Crippen LogP) is 4.01. The number of benzene rings is 2. The molecule has 0 unspecified atom stereocenters. The van der Waals surface area contributed by atoms with E-state index in [4.69, 9.17) is 10.5 Å². The molecule has 0 saturated carbocycles. The summed E-state index contributed by atoms with van der Waals surface area (Å²) in [5, 5.41) is 2.92. The molecule has 0 bridgehead atoms. The van der Waals surface area contributed by atoms with Crippen LogP contribution in [0.2, 0.25) is 0 Å². The van der Waals surface area contributed by atoms with Crippen molar-refractivity contribution in [1.29, 1.82) is 0 Å². The fourth-order valence-corrected chi connectivity index (χ4v) is 4.33. The van der Waals surface area contributed by atoms with Gasteiger partial charge in [-0.1, -0.05) is 44.2 Å². The monoisotopic (exact) mass is 465 g/mol. The van der Waals surface area contributed by atoms with Gasteiger partial charge in [0.25, 0.3) is 0 Å². The van der Waals surface area contributed by atoms with Gasteiger partial charge in [-0.3, -0.25) is 14.4 Å². The van der Waals surface area contributed by atoms with Gasteiger partial charge in [0.15, 0.2) is 0 Å². The molecule has 1 aliphatic rings. The number of ether oxygens (including phenoxy) is 1. The normalized spacial score (nSPS) is 17.2. The van der Waals surface area contributed by atoms with E-state index in [0.717, 1.165) is 24.2 Å². The first kappa shape index (κ1) is 25.3. The van der Waals surface area contributed by atoms with Crippen LogP contribution >= 0.6 is 0 Å². The van der Waals surface area contributed by atoms with Gasteiger partial charge >= 0.3 is 0 Å². The van der Waals surface area contributed by atoms with Crippen LogP contribution in [0.3, 0.4) is 0 Å². The standard InChI is InChI=1S/C27H35N3O4/c1-19(2)15-21(17-25(28)31)26(32)29-24-13-6-7-14-30(27(24)33)18-20-9-8-12-23(16-20)34-22-10-4-3-5-11-22/h3-5,8-12,16,19,21,24H,6-7,13-15,17-18H2,1-2H3,(H2,28,31)(H,29,32)/t21-,24+/m1/s1. The van der Waals surface area contributed by atoms with Crippen molar-refractivity contribution in [1.82, 2.24) is 10.2 Å². The molecule has 3 rings (SSSR count). The maximum atomic E-state index is 13.3. The maximum absolute atomic E-state index is 13.3. The number of nitrogens with two attached hydrogens (primary N) is 1. The first-order valence-electron chi connectivity index (χ1n) is 12.0. The Balaban J connectivity index is 1.67. The van der Waals surface area contributed by atoms with E-state index in [1.165, 1.54) is 0 Å². The summed E-state index contributed by atoms with van der Waals surface area (Å²) in [6, 6.07) is 16.7. The lowest BCUT2D eigenvalue weighted by Crippen LogP contribution is -2.49. The number of carbonyl (C=O) groups is 3. The summed E-state index contributed by atoms with van der Waals surface area (Å²) in [6.45, 7) is 5.06. The third-order valence-electron chi connectivity index (χ3n) is 5.92. The molecule has 0 spiro atoms. The van der Waals surface area contributed by atoms with Crippen molar-refractivity contribution in [2.75, 3.05) is 6.54 Å². The molecule has 7 heteroatoms. The van der Waals surface area contributed by atoms with E-state index >= 15 is 0 Å². The molecule has 3 N–H and O–H groups in total. The van der Waals surface area contributed by atoms with Gasteiger partial charge in [0.05, 0.1) is 0 Å². The van der Waals surface area contributed by atoms with Crippen molar-refractivity contribution in [3.05, 3.63) is 60.2 Å². The highest BCUT2D eigenvalue weighted by Gasteiger charge is 2.31. The number of hydrogen-bond acceptors (Lipinski definition) is 4. The number of para-hydroxylation sites is 1. The smallest absolute Gasteiger partial charge is 0.245 e. The molecule has 2 atom stereocenters. The highest BCUT2D eigenvalue weighted by Crippen LogP contribution is 2.24. The Labute approximate surface area is 201 Å². The molecule has 2 aromatic rings. The summed E-state index contributed by atoms with van der Waals surface area (Å²) in [5.74, 6) is 0.301. The van der Waals surface area contributed by atoms with Crippen LogP contribution in [0.1, 0.15) is 51.5 Å². The molecular weight excluding hydrogens is 430 g/mol. The van der Waals surface area contributed by atoms with Crippen molar-refractivity contribution in [3.8, 4) is 11.5 Å². The van der Waals surface area contributed by atoms with Crippen LogP contribution in [0, 0.1) is 11.8 Å². The first-order chi connectivity index (χ1) is 16.3. The molecule has 2 aromatic carbocycles. The van der Waals surface area contributed by atoms with Crippen molar-refractivity contribution in [3.63, 3.8) is 0 Å². The van der Waals surface area contributed by atoms with Crippen LogP contribution in [0.5, 0.6) is 11.5 Å². The molecule has 34 heavy (non-hydrogen) atoms. The van der Waals surface area contributed by atoms with E-state index in [1.807, 2.05) is 68.4 Å². The second kappa shape index (κ2) is 12.2. The number of carbonyl (C=O) groups excluding carboxylic acids is 3. The minimum absolute atomic E-state index is 0.0111. The molecule has 1 aliphatic heterocycles. The average molecular weight is 466 g/mol. The molecule has 182 valence electrons. The van der Waals surface area contributed by atoms with Gasteiger partial charge in [-0.15, -0.1) is 0 Å². The van der Waals surface area contributed by atoms with Gasteiger partial charge in [0.1, 0.15) is 17.5 Å².